The van der Waals surface area contributed by atoms with E-state index in [0.717, 1.165) is 38.8 Å². The molecule has 0 radical (unpaired) electrons. The second-order valence-corrected chi connectivity index (χ2v) is 6.78. The van der Waals surface area contributed by atoms with E-state index in [1.807, 2.05) is 17.3 Å². The zero-order valence-electron chi connectivity index (χ0n) is 14.2. The fourth-order valence-corrected chi connectivity index (χ4v) is 3.77. The van der Waals surface area contributed by atoms with Gasteiger partial charge < -0.3 is 4.90 Å². The van der Waals surface area contributed by atoms with Crippen LogP contribution in [0.4, 0.5) is 0 Å². The second kappa shape index (κ2) is 7.05. The predicted octanol–water partition coefficient (Wildman–Crippen LogP) is 3.44. The predicted molar refractivity (Wildman–Crippen MR) is 97.3 cm³/mol. The zero-order chi connectivity index (χ0) is 17.1. The van der Waals surface area contributed by atoms with Crippen LogP contribution < -0.4 is 0 Å². The summed E-state index contributed by atoms with van der Waals surface area (Å²) in [6, 6.07) is 10.2. The summed E-state index contributed by atoms with van der Waals surface area (Å²) in [4.78, 5) is 18.9. The SMILES string of the molecule is O=C(c1ccn[nH]1)N1CCC[C@@H](Cc2cncc3ccccc23)CC1. The van der Waals surface area contributed by atoms with Gasteiger partial charge in [-0.05, 0) is 48.6 Å². The highest BCUT2D eigenvalue weighted by Gasteiger charge is 2.22. The number of carbonyl (C=O) groups is 1. The highest BCUT2D eigenvalue weighted by molar-refractivity contribution is 5.92. The van der Waals surface area contributed by atoms with Crippen molar-refractivity contribution >= 4 is 16.7 Å². The Balaban J connectivity index is 1.45. The average molecular weight is 334 g/mol. The van der Waals surface area contributed by atoms with E-state index >= 15 is 0 Å². The van der Waals surface area contributed by atoms with Crippen molar-refractivity contribution in [2.75, 3.05) is 13.1 Å². The highest BCUT2D eigenvalue weighted by atomic mass is 16.2. The number of amides is 1. The molecular weight excluding hydrogens is 312 g/mol. The Kier molecular flexibility index (Phi) is 4.46. The lowest BCUT2D eigenvalue weighted by Gasteiger charge is -2.20. The van der Waals surface area contributed by atoms with Crippen LogP contribution >= 0.6 is 0 Å². The molecule has 0 unspecified atom stereocenters. The lowest BCUT2D eigenvalue weighted by Crippen LogP contribution is -2.32. The third-order valence-corrected chi connectivity index (χ3v) is 5.13. The van der Waals surface area contributed by atoms with E-state index in [1.165, 1.54) is 16.3 Å². The van der Waals surface area contributed by atoms with E-state index in [-0.39, 0.29) is 5.91 Å². The summed E-state index contributed by atoms with van der Waals surface area (Å²) in [7, 11) is 0. The van der Waals surface area contributed by atoms with Crippen LogP contribution in [0.15, 0.2) is 48.9 Å². The number of aromatic nitrogens is 3. The zero-order valence-corrected chi connectivity index (χ0v) is 14.2. The van der Waals surface area contributed by atoms with Crippen molar-refractivity contribution in [2.24, 2.45) is 5.92 Å². The number of likely N-dealkylation sites (tertiary alicyclic amines) is 1. The minimum atomic E-state index is 0.0602. The maximum atomic E-state index is 12.5. The van der Waals surface area contributed by atoms with E-state index in [2.05, 4.69) is 39.4 Å². The normalized spacial score (nSPS) is 18.2. The van der Waals surface area contributed by atoms with E-state index < -0.39 is 0 Å². The molecule has 1 atom stereocenters. The number of pyridine rings is 1. The molecule has 128 valence electrons. The van der Waals surface area contributed by atoms with Gasteiger partial charge in [-0.2, -0.15) is 5.10 Å². The quantitative estimate of drug-likeness (QED) is 0.798. The van der Waals surface area contributed by atoms with Crippen molar-refractivity contribution in [3.8, 4) is 0 Å². The number of nitrogens with zero attached hydrogens (tertiary/aromatic N) is 3. The van der Waals surface area contributed by atoms with Crippen LogP contribution in [-0.4, -0.2) is 39.1 Å². The van der Waals surface area contributed by atoms with Crippen LogP contribution in [0, 0.1) is 5.92 Å². The summed E-state index contributed by atoms with van der Waals surface area (Å²) in [5, 5.41) is 9.16. The minimum absolute atomic E-state index is 0.0602. The average Bonchev–Trinajstić information content (AvgIpc) is 3.09. The number of aromatic amines is 1. The summed E-state index contributed by atoms with van der Waals surface area (Å²) in [5.74, 6) is 0.650. The fourth-order valence-electron chi connectivity index (χ4n) is 3.77. The summed E-state index contributed by atoms with van der Waals surface area (Å²) in [6.07, 6.45) is 9.81. The van der Waals surface area contributed by atoms with Gasteiger partial charge in [-0.25, -0.2) is 0 Å². The Morgan fingerprint density at radius 3 is 2.96 bits per heavy atom. The molecule has 25 heavy (non-hydrogen) atoms. The maximum Gasteiger partial charge on any atom is 0.271 e. The monoisotopic (exact) mass is 334 g/mol. The fraction of sp³-hybridized carbons (Fsp3) is 0.350. The molecule has 1 N–H and O–H groups in total. The van der Waals surface area contributed by atoms with Crippen LogP contribution in [0.2, 0.25) is 0 Å². The molecule has 0 aliphatic carbocycles. The molecule has 1 saturated heterocycles. The molecule has 5 heteroatoms. The Morgan fingerprint density at radius 1 is 1.16 bits per heavy atom. The number of nitrogens with one attached hydrogen (secondary N) is 1. The molecule has 0 bridgehead atoms. The first-order valence-electron chi connectivity index (χ1n) is 8.91. The molecule has 3 heterocycles. The molecule has 2 aromatic heterocycles. The number of hydrogen-bond donors (Lipinski definition) is 1. The van der Waals surface area contributed by atoms with Gasteiger partial charge in [-0.1, -0.05) is 24.3 Å². The van der Waals surface area contributed by atoms with Gasteiger partial charge in [0.25, 0.3) is 5.91 Å². The van der Waals surface area contributed by atoms with Crippen LogP contribution in [0.5, 0.6) is 0 Å². The third kappa shape index (κ3) is 3.40. The van der Waals surface area contributed by atoms with Crippen molar-refractivity contribution in [1.82, 2.24) is 20.1 Å². The van der Waals surface area contributed by atoms with E-state index in [0.29, 0.717) is 11.6 Å². The third-order valence-electron chi connectivity index (χ3n) is 5.13. The molecule has 1 aliphatic rings. The van der Waals surface area contributed by atoms with Gasteiger partial charge in [0.15, 0.2) is 0 Å². The molecule has 5 nitrogen and oxygen atoms in total. The number of benzene rings is 1. The smallest absolute Gasteiger partial charge is 0.271 e. The lowest BCUT2D eigenvalue weighted by molar-refractivity contribution is 0.0754. The van der Waals surface area contributed by atoms with E-state index in [4.69, 9.17) is 0 Å². The molecular formula is C20H22N4O. The first kappa shape index (κ1) is 15.8. The van der Waals surface area contributed by atoms with Gasteiger partial charge >= 0.3 is 0 Å². The molecule has 1 aliphatic heterocycles. The Labute approximate surface area is 147 Å². The largest absolute Gasteiger partial charge is 0.337 e. The number of hydrogen-bond acceptors (Lipinski definition) is 3. The van der Waals surface area contributed by atoms with Crippen molar-refractivity contribution in [1.29, 1.82) is 0 Å². The van der Waals surface area contributed by atoms with Gasteiger partial charge in [0.05, 0.1) is 0 Å². The number of carbonyl (C=O) groups excluding carboxylic acids is 1. The van der Waals surface area contributed by atoms with E-state index in [9.17, 15) is 4.79 Å². The lowest BCUT2D eigenvalue weighted by atomic mass is 9.91. The highest BCUT2D eigenvalue weighted by Crippen LogP contribution is 2.26. The van der Waals surface area contributed by atoms with Crippen LogP contribution in [0.3, 0.4) is 0 Å². The maximum absolute atomic E-state index is 12.5. The van der Waals surface area contributed by atoms with Gasteiger partial charge in [-0.15, -0.1) is 0 Å². The van der Waals surface area contributed by atoms with Crippen molar-refractivity contribution in [2.45, 2.75) is 25.7 Å². The summed E-state index contributed by atoms with van der Waals surface area (Å²) < 4.78 is 0. The summed E-state index contributed by atoms with van der Waals surface area (Å²) >= 11 is 0. The summed E-state index contributed by atoms with van der Waals surface area (Å²) in [5.41, 5.74) is 1.90. The molecule has 1 aromatic carbocycles. The van der Waals surface area contributed by atoms with Crippen LogP contribution in [0.25, 0.3) is 10.8 Å². The Morgan fingerprint density at radius 2 is 2.08 bits per heavy atom. The Hall–Kier alpha value is -2.69. The van der Waals surface area contributed by atoms with Crippen molar-refractivity contribution in [3.05, 3.63) is 60.2 Å². The second-order valence-electron chi connectivity index (χ2n) is 6.78. The van der Waals surface area contributed by atoms with E-state index in [1.54, 1.807) is 12.3 Å². The van der Waals surface area contributed by atoms with Gasteiger partial charge in [0, 0.05) is 37.1 Å². The van der Waals surface area contributed by atoms with Crippen molar-refractivity contribution in [3.63, 3.8) is 0 Å². The summed E-state index contributed by atoms with van der Waals surface area (Å²) in [6.45, 7) is 1.63. The molecule has 1 fully saturated rings. The van der Waals surface area contributed by atoms with Crippen LogP contribution in [0.1, 0.15) is 35.3 Å². The number of fused-ring (bicyclic) bond motifs is 1. The number of rotatable bonds is 3. The molecule has 0 spiro atoms. The minimum Gasteiger partial charge on any atom is -0.337 e. The van der Waals surface area contributed by atoms with Gasteiger partial charge in [0.2, 0.25) is 0 Å². The van der Waals surface area contributed by atoms with Gasteiger partial charge in [-0.3, -0.25) is 14.9 Å². The molecule has 1 amide bonds. The topological polar surface area (TPSA) is 61.9 Å². The first-order chi connectivity index (χ1) is 12.3. The molecule has 3 aromatic rings. The van der Waals surface area contributed by atoms with Crippen molar-refractivity contribution < 1.29 is 4.79 Å². The standard InChI is InChI=1S/C20H22N4O/c25-20(19-7-9-22-23-19)24-10-3-4-15(8-11-24)12-17-14-21-13-16-5-1-2-6-18(16)17/h1-2,5-7,9,13-15H,3-4,8,10-12H2,(H,22,23)/t15-/m1/s1. The molecule has 0 saturated carbocycles. The first-order valence-corrected chi connectivity index (χ1v) is 8.91. The molecule has 4 rings (SSSR count). The van der Waals surface area contributed by atoms with Crippen LogP contribution in [-0.2, 0) is 6.42 Å². The number of H-pyrrole nitrogens is 1. The van der Waals surface area contributed by atoms with Gasteiger partial charge in [0.1, 0.15) is 5.69 Å². The Bertz CT molecular complexity index is 854.